The number of sulfonamides is 1. The molecule has 0 amide bonds. The molecule has 0 radical (unpaired) electrons. The maximum atomic E-state index is 12.2. The Kier molecular flexibility index (Phi) is 5.78. The van der Waals surface area contributed by atoms with Crippen molar-refractivity contribution in [3.8, 4) is 0 Å². The van der Waals surface area contributed by atoms with E-state index in [-0.39, 0.29) is 5.75 Å². The number of aryl methyl sites for hydroxylation is 1. The van der Waals surface area contributed by atoms with Crippen molar-refractivity contribution >= 4 is 21.7 Å². The standard InChI is InChI=1S/C17H29N5O2S/c1-3-13-25(23,24)22-11-9-21(10-12-22)17-14-16(18-15(2)19-17)20-7-5-4-6-8-20/h14H,3-13H2,1-2H3. The van der Waals surface area contributed by atoms with Crippen LogP contribution in [0.15, 0.2) is 6.07 Å². The molecule has 7 nitrogen and oxygen atoms in total. The monoisotopic (exact) mass is 367 g/mol. The molecule has 0 atom stereocenters. The molecule has 1 aromatic heterocycles. The zero-order valence-electron chi connectivity index (χ0n) is 15.3. The summed E-state index contributed by atoms with van der Waals surface area (Å²) >= 11 is 0. The molecule has 140 valence electrons. The highest BCUT2D eigenvalue weighted by Gasteiger charge is 2.27. The number of piperidine rings is 1. The Morgan fingerprint density at radius 1 is 0.920 bits per heavy atom. The first-order valence-corrected chi connectivity index (χ1v) is 10.9. The Labute approximate surface area is 151 Å². The van der Waals surface area contributed by atoms with Gasteiger partial charge in [0.15, 0.2) is 0 Å². The first-order chi connectivity index (χ1) is 12.0. The topological polar surface area (TPSA) is 69.6 Å². The van der Waals surface area contributed by atoms with Crippen molar-refractivity contribution < 1.29 is 8.42 Å². The van der Waals surface area contributed by atoms with E-state index in [0.29, 0.717) is 32.6 Å². The lowest BCUT2D eigenvalue weighted by atomic mass is 10.1. The summed E-state index contributed by atoms with van der Waals surface area (Å²) in [6.07, 6.45) is 4.38. The molecule has 2 saturated heterocycles. The van der Waals surface area contributed by atoms with Crippen LogP contribution in [0.1, 0.15) is 38.4 Å². The lowest BCUT2D eigenvalue weighted by Crippen LogP contribution is -2.49. The highest BCUT2D eigenvalue weighted by Crippen LogP contribution is 2.23. The van der Waals surface area contributed by atoms with Gasteiger partial charge in [-0.25, -0.2) is 18.4 Å². The molecule has 0 unspecified atom stereocenters. The van der Waals surface area contributed by atoms with E-state index in [4.69, 9.17) is 0 Å². The summed E-state index contributed by atoms with van der Waals surface area (Å²) in [4.78, 5) is 13.7. The van der Waals surface area contributed by atoms with Crippen molar-refractivity contribution in [2.24, 2.45) is 0 Å². The maximum Gasteiger partial charge on any atom is 0.214 e. The number of piperazine rings is 1. The molecule has 25 heavy (non-hydrogen) atoms. The van der Waals surface area contributed by atoms with E-state index >= 15 is 0 Å². The van der Waals surface area contributed by atoms with Crippen molar-refractivity contribution in [3.63, 3.8) is 0 Å². The number of hydrogen-bond acceptors (Lipinski definition) is 6. The molecule has 0 saturated carbocycles. The SMILES string of the molecule is CCCS(=O)(=O)N1CCN(c2cc(N3CCCCC3)nc(C)n2)CC1. The molecular weight excluding hydrogens is 338 g/mol. The van der Waals surface area contributed by atoms with Gasteiger partial charge in [0.2, 0.25) is 10.0 Å². The van der Waals surface area contributed by atoms with E-state index in [0.717, 1.165) is 30.5 Å². The first kappa shape index (κ1) is 18.4. The summed E-state index contributed by atoms with van der Waals surface area (Å²) in [5, 5.41) is 0. The van der Waals surface area contributed by atoms with Crippen molar-refractivity contribution in [2.75, 3.05) is 54.8 Å². The van der Waals surface area contributed by atoms with Crippen LogP contribution in [-0.4, -0.2) is 67.7 Å². The fourth-order valence-corrected chi connectivity index (χ4v) is 5.06. The van der Waals surface area contributed by atoms with Gasteiger partial charge in [0, 0.05) is 45.3 Å². The summed E-state index contributed by atoms with van der Waals surface area (Å²) in [6, 6.07) is 2.06. The van der Waals surface area contributed by atoms with E-state index in [2.05, 4.69) is 25.8 Å². The average molecular weight is 368 g/mol. The zero-order chi connectivity index (χ0) is 17.9. The van der Waals surface area contributed by atoms with E-state index in [1.807, 2.05) is 13.8 Å². The quantitative estimate of drug-likeness (QED) is 0.788. The molecule has 0 aromatic carbocycles. The number of hydrogen-bond donors (Lipinski definition) is 0. The predicted molar refractivity (Wildman–Crippen MR) is 101 cm³/mol. The molecule has 2 aliphatic heterocycles. The summed E-state index contributed by atoms with van der Waals surface area (Å²) < 4.78 is 26.1. The lowest BCUT2D eigenvalue weighted by Gasteiger charge is -2.35. The highest BCUT2D eigenvalue weighted by molar-refractivity contribution is 7.89. The molecule has 8 heteroatoms. The van der Waals surface area contributed by atoms with Crippen LogP contribution in [0.3, 0.4) is 0 Å². The second-order valence-electron chi connectivity index (χ2n) is 6.88. The zero-order valence-corrected chi connectivity index (χ0v) is 16.1. The van der Waals surface area contributed by atoms with Gasteiger partial charge in [-0.3, -0.25) is 0 Å². The minimum Gasteiger partial charge on any atom is -0.356 e. The van der Waals surface area contributed by atoms with Gasteiger partial charge in [0.25, 0.3) is 0 Å². The second kappa shape index (κ2) is 7.86. The lowest BCUT2D eigenvalue weighted by molar-refractivity contribution is 0.383. The molecular formula is C17H29N5O2S. The molecule has 0 spiro atoms. The van der Waals surface area contributed by atoms with E-state index < -0.39 is 10.0 Å². The van der Waals surface area contributed by atoms with Gasteiger partial charge in [-0.05, 0) is 32.6 Å². The molecule has 2 aliphatic rings. The normalized spacial score (nSPS) is 20.1. The van der Waals surface area contributed by atoms with E-state index in [9.17, 15) is 8.42 Å². The molecule has 3 rings (SSSR count). The Bertz CT molecular complexity index is 680. The molecule has 0 aliphatic carbocycles. The highest BCUT2D eigenvalue weighted by atomic mass is 32.2. The van der Waals surface area contributed by atoms with E-state index in [1.165, 1.54) is 19.3 Å². The van der Waals surface area contributed by atoms with Gasteiger partial charge in [0.1, 0.15) is 17.5 Å². The van der Waals surface area contributed by atoms with Crippen LogP contribution in [0, 0.1) is 6.92 Å². The van der Waals surface area contributed by atoms with Gasteiger partial charge in [-0.2, -0.15) is 4.31 Å². The van der Waals surface area contributed by atoms with Crippen LogP contribution in [-0.2, 0) is 10.0 Å². The fraction of sp³-hybridized carbons (Fsp3) is 0.765. The third-order valence-corrected chi connectivity index (χ3v) is 6.99. The summed E-state index contributed by atoms with van der Waals surface area (Å²) in [6.45, 7) is 8.36. The van der Waals surface area contributed by atoms with Crippen LogP contribution in [0.4, 0.5) is 11.6 Å². The van der Waals surface area contributed by atoms with E-state index in [1.54, 1.807) is 4.31 Å². The van der Waals surface area contributed by atoms with Crippen molar-refractivity contribution in [2.45, 2.75) is 39.5 Å². The molecule has 1 aromatic rings. The molecule has 3 heterocycles. The average Bonchev–Trinajstić information content (AvgIpc) is 2.62. The van der Waals surface area contributed by atoms with Crippen LogP contribution in [0.2, 0.25) is 0 Å². The Morgan fingerprint density at radius 2 is 1.48 bits per heavy atom. The minimum atomic E-state index is -3.11. The summed E-state index contributed by atoms with van der Waals surface area (Å²) in [5.41, 5.74) is 0. The number of anilines is 2. The van der Waals surface area contributed by atoms with Crippen LogP contribution in [0.5, 0.6) is 0 Å². The first-order valence-electron chi connectivity index (χ1n) is 9.33. The largest absolute Gasteiger partial charge is 0.356 e. The van der Waals surface area contributed by atoms with Crippen molar-refractivity contribution in [1.82, 2.24) is 14.3 Å². The smallest absolute Gasteiger partial charge is 0.214 e. The molecule has 2 fully saturated rings. The van der Waals surface area contributed by atoms with Gasteiger partial charge in [0.05, 0.1) is 5.75 Å². The molecule has 0 N–H and O–H groups in total. The summed E-state index contributed by atoms with van der Waals surface area (Å²) in [5.74, 6) is 2.93. The van der Waals surface area contributed by atoms with Gasteiger partial charge in [-0.1, -0.05) is 6.92 Å². The van der Waals surface area contributed by atoms with Crippen LogP contribution >= 0.6 is 0 Å². The van der Waals surface area contributed by atoms with Gasteiger partial charge in [-0.15, -0.1) is 0 Å². The number of nitrogens with zero attached hydrogens (tertiary/aromatic N) is 5. The summed E-state index contributed by atoms with van der Waals surface area (Å²) in [7, 11) is -3.11. The Morgan fingerprint density at radius 3 is 2.04 bits per heavy atom. The molecule has 0 bridgehead atoms. The third-order valence-electron chi connectivity index (χ3n) is 4.91. The predicted octanol–water partition coefficient (Wildman–Crippen LogP) is 1.64. The van der Waals surface area contributed by atoms with Crippen LogP contribution < -0.4 is 9.80 Å². The van der Waals surface area contributed by atoms with Gasteiger partial charge >= 0.3 is 0 Å². The Hall–Kier alpha value is -1.41. The van der Waals surface area contributed by atoms with Crippen LogP contribution in [0.25, 0.3) is 0 Å². The second-order valence-corrected chi connectivity index (χ2v) is 8.97. The van der Waals surface area contributed by atoms with Crippen molar-refractivity contribution in [3.05, 3.63) is 11.9 Å². The van der Waals surface area contributed by atoms with Crippen molar-refractivity contribution in [1.29, 1.82) is 0 Å². The number of aromatic nitrogens is 2. The third kappa shape index (κ3) is 4.41. The number of rotatable bonds is 5. The minimum absolute atomic E-state index is 0.235. The van der Waals surface area contributed by atoms with Gasteiger partial charge < -0.3 is 9.80 Å². The fourth-order valence-electron chi connectivity index (χ4n) is 3.57. The maximum absolute atomic E-state index is 12.2. The Balaban J connectivity index is 1.70.